The summed E-state index contributed by atoms with van der Waals surface area (Å²) in [5, 5.41) is 10.1. The van der Waals surface area contributed by atoms with Crippen molar-refractivity contribution in [2.45, 2.75) is 25.9 Å². The third-order valence-corrected chi connectivity index (χ3v) is 2.84. The molecule has 2 aromatic heterocycles. The highest BCUT2D eigenvalue weighted by Crippen LogP contribution is 2.20. The van der Waals surface area contributed by atoms with Gasteiger partial charge in [0.1, 0.15) is 0 Å². The van der Waals surface area contributed by atoms with Gasteiger partial charge < -0.3 is 5.11 Å². The summed E-state index contributed by atoms with van der Waals surface area (Å²) in [7, 11) is 0. The fraction of sp³-hybridized carbons (Fsp3) is 0.286. The van der Waals surface area contributed by atoms with E-state index in [1.807, 2.05) is 31.2 Å². The maximum absolute atomic E-state index is 10.1. The molecule has 1 N–H and O–H groups in total. The van der Waals surface area contributed by atoms with E-state index in [0.29, 0.717) is 6.42 Å². The van der Waals surface area contributed by atoms with E-state index in [-0.39, 0.29) is 0 Å². The fourth-order valence-electron chi connectivity index (χ4n) is 1.81. The van der Waals surface area contributed by atoms with E-state index < -0.39 is 6.10 Å². The molecule has 0 fully saturated rings. The van der Waals surface area contributed by atoms with Crippen LogP contribution in [0, 0.1) is 6.92 Å². The predicted octanol–water partition coefficient (Wildman–Crippen LogP) is 2.45. The Balaban J connectivity index is 1.99. The summed E-state index contributed by atoms with van der Waals surface area (Å²) < 4.78 is 0. The van der Waals surface area contributed by atoms with E-state index in [9.17, 15) is 5.11 Å². The van der Waals surface area contributed by atoms with Gasteiger partial charge in [0.05, 0.1) is 6.10 Å². The standard InChI is InChI=1S/C14H16N2O/c1-11-7-9-15-10-13(11)14(17)6-5-12-4-2-3-8-16-12/h2-4,7-10,14,17H,5-6H2,1H3. The van der Waals surface area contributed by atoms with Crippen LogP contribution in [0.4, 0.5) is 0 Å². The Morgan fingerprint density at radius 2 is 2.12 bits per heavy atom. The van der Waals surface area contributed by atoms with Crippen molar-refractivity contribution in [2.75, 3.05) is 0 Å². The number of aliphatic hydroxyl groups excluding tert-OH is 1. The molecular formula is C14H16N2O. The van der Waals surface area contributed by atoms with Crippen LogP contribution in [0.3, 0.4) is 0 Å². The molecule has 1 atom stereocenters. The van der Waals surface area contributed by atoms with Crippen molar-refractivity contribution in [1.29, 1.82) is 0 Å². The lowest BCUT2D eigenvalue weighted by Crippen LogP contribution is -2.03. The second-order valence-electron chi connectivity index (χ2n) is 4.11. The van der Waals surface area contributed by atoms with Gasteiger partial charge in [-0.3, -0.25) is 9.97 Å². The van der Waals surface area contributed by atoms with Crippen LogP contribution in [-0.4, -0.2) is 15.1 Å². The summed E-state index contributed by atoms with van der Waals surface area (Å²) in [5.41, 5.74) is 2.99. The third-order valence-electron chi connectivity index (χ3n) is 2.84. The first kappa shape index (κ1) is 11.7. The minimum Gasteiger partial charge on any atom is -0.388 e. The third kappa shape index (κ3) is 3.11. The first-order chi connectivity index (χ1) is 8.27. The number of aryl methyl sites for hydroxylation is 2. The van der Waals surface area contributed by atoms with E-state index in [0.717, 1.165) is 23.2 Å². The molecule has 0 saturated heterocycles. The summed E-state index contributed by atoms with van der Waals surface area (Å²) in [6, 6.07) is 7.75. The molecular weight excluding hydrogens is 212 g/mol. The second kappa shape index (κ2) is 5.55. The number of nitrogens with zero attached hydrogens (tertiary/aromatic N) is 2. The Kier molecular flexibility index (Phi) is 3.83. The zero-order valence-electron chi connectivity index (χ0n) is 9.87. The van der Waals surface area contributed by atoms with Gasteiger partial charge in [0.15, 0.2) is 0 Å². The molecule has 3 nitrogen and oxygen atoms in total. The topological polar surface area (TPSA) is 46.0 Å². The Morgan fingerprint density at radius 1 is 1.24 bits per heavy atom. The Bertz CT molecular complexity index is 471. The van der Waals surface area contributed by atoms with Crippen molar-refractivity contribution >= 4 is 0 Å². The van der Waals surface area contributed by atoms with Crippen molar-refractivity contribution in [1.82, 2.24) is 9.97 Å². The quantitative estimate of drug-likeness (QED) is 0.874. The first-order valence-corrected chi connectivity index (χ1v) is 5.76. The van der Waals surface area contributed by atoms with E-state index in [4.69, 9.17) is 0 Å². The molecule has 3 heteroatoms. The average Bonchev–Trinajstić information content (AvgIpc) is 2.38. The highest BCUT2D eigenvalue weighted by atomic mass is 16.3. The van der Waals surface area contributed by atoms with Gasteiger partial charge in [-0.25, -0.2) is 0 Å². The first-order valence-electron chi connectivity index (χ1n) is 5.76. The number of aliphatic hydroxyl groups is 1. The van der Waals surface area contributed by atoms with Gasteiger partial charge in [0.25, 0.3) is 0 Å². The zero-order valence-corrected chi connectivity index (χ0v) is 9.87. The molecule has 2 heterocycles. The lowest BCUT2D eigenvalue weighted by Gasteiger charge is -2.12. The Morgan fingerprint density at radius 3 is 2.82 bits per heavy atom. The summed E-state index contributed by atoms with van der Waals surface area (Å²) in [5.74, 6) is 0. The lowest BCUT2D eigenvalue weighted by atomic mass is 10.0. The van der Waals surface area contributed by atoms with Gasteiger partial charge in [-0.1, -0.05) is 6.07 Å². The van der Waals surface area contributed by atoms with Crippen LogP contribution in [0.5, 0.6) is 0 Å². The van der Waals surface area contributed by atoms with Crippen LogP contribution in [0.2, 0.25) is 0 Å². The van der Waals surface area contributed by atoms with Gasteiger partial charge in [-0.05, 0) is 43.5 Å². The van der Waals surface area contributed by atoms with Gasteiger partial charge in [0, 0.05) is 29.8 Å². The highest BCUT2D eigenvalue weighted by molar-refractivity contribution is 5.23. The van der Waals surface area contributed by atoms with Crippen LogP contribution in [0.25, 0.3) is 0 Å². The molecule has 0 aromatic carbocycles. The van der Waals surface area contributed by atoms with Crippen LogP contribution in [-0.2, 0) is 6.42 Å². The summed E-state index contributed by atoms with van der Waals surface area (Å²) in [4.78, 5) is 8.29. The number of hydrogen-bond acceptors (Lipinski definition) is 3. The fourth-order valence-corrected chi connectivity index (χ4v) is 1.81. The molecule has 1 unspecified atom stereocenters. The average molecular weight is 228 g/mol. The molecule has 0 saturated carbocycles. The normalized spacial score (nSPS) is 12.4. The second-order valence-corrected chi connectivity index (χ2v) is 4.11. The van der Waals surface area contributed by atoms with Gasteiger partial charge in [-0.15, -0.1) is 0 Å². The molecule has 0 aliphatic carbocycles. The van der Waals surface area contributed by atoms with Gasteiger partial charge in [-0.2, -0.15) is 0 Å². The van der Waals surface area contributed by atoms with Crippen molar-refractivity contribution in [3.8, 4) is 0 Å². The number of pyridine rings is 2. The molecule has 17 heavy (non-hydrogen) atoms. The van der Waals surface area contributed by atoms with E-state index in [1.165, 1.54) is 0 Å². The maximum atomic E-state index is 10.1. The molecule has 0 spiro atoms. The largest absolute Gasteiger partial charge is 0.388 e. The van der Waals surface area contributed by atoms with E-state index in [1.54, 1.807) is 18.6 Å². The Labute approximate surface area is 101 Å². The summed E-state index contributed by atoms with van der Waals surface area (Å²) in [6.45, 7) is 1.99. The number of hydrogen-bond donors (Lipinski definition) is 1. The van der Waals surface area contributed by atoms with E-state index >= 15 is 0 Å². The molecule has 2 aromatic rings. The monoisotopic (exact) mass is 228 g/mol. The van der Waals surface area contributed by atoms with Crippen LogP contribution >= 0.6 is 0 Å². The molecule has 0 aliphatic heterocycles. The molecule has 0 amide bonds. The predicted molar refractivity (Wildman–Crippen MR) is 66.5 cm³/mol. The highest BCUT2D eigenvalue weighted by Gasteiger charge is 2.10. The summed E-state index contributed by atoms with van der Waals surface area (Å²) >= 11 is 0. The maximum Gasteiger partial charge on any atom is 0.0811 e. The van der Waals surface area contributed by atoms with Gasteiger partial charge >= 0.3 is 0 Å². The van der Waals surface area contributed by atoms with Crippen molar-refractivity contribution in [2.24, 2.45) is 0 Å². The molecule has 0 radical (unpaired) electrons. The van der Waals surface area contributed by atoms with Crippen molar-refractivity contribution in [3.05, 3.63) is 59.7 Å². The van der Waals surface area contributed by atoms with Crippen LogP contribution in [0.1, 0.15) is 29.3 Å². The van der Waals surface area contributed by atoms with Crippen molar-refractivity contribution in [3.63, 3.8) is 0 Å². The summed E-state index contributed by atoms with van der Waals surface area (Å²) in [6.07, 6.45) is 6.23. The Hall–Kier alpha value is -1.74. The molecule has 2 rings (SSSR count). The van der Waals surface area contributed by atoms with Crippen LogP contribution < -0.4 is 0 Å². The van der Waals surface area contributed by atoms with Crippen LogP contribution in [0.15, 0.2) is 42.9 Å². The van der Waals surface area contributed by atoms with E-state index in [2.05, 4.69) is 9.97 Å². The molecule has 0 bridgehead atoms. The zero-order chi connectivity index (χ0) is 12.1. The molecule has 88 valence electrons. The van der Waals surface area contributed by atoms with Crippen molar-refractivity contribution < 1.29 is 5.11 Å². The smallest absolute Gasteiger partial charge is 0.0811 e. The lowest BCUT2D eigenvalue weighted by molar-refractivity contribution is 0.166. The van der Waals surface area contributed by atoms with Gasteiger partial charge in [0.2, 0.25) is 0 Å². The minimum atomic E-state index is -0.467. The molecule has 0 aliphatic rings. The number of aromatic nitrogens is 2. The SMILES string of the molecule is Cc1ccncc1C(O)CCc1ccccn1. The minimum absolute atomic E-state index is 0.467. The number of rotatable bonds is 4.